The maximum absolute atomic E-state index is 12.2. The van der Waals surface area contributed by atoms with Crippen molar-refractivity contribution in [1.29, 1.82) is 0 Å². The average molecular weight is 340 g/mol. The summed E-state index contributed by atoms with van der Waals surface area (Å²) in [4.78, 5) is 26.1. The van der Waals surface area contributed by atoms with Crippen molar-refractivity contribution in [2.24, 2.45) is 0 Å². The molecular weight excluding hydrogens is 316 g/mol. The van der Waals surface area contributed by atoms with Gasteiger partial charge in [0.15, 0.2) is 0 Å². The van der Waals surface area contributed by atoms with Crippen molar-refractivity contribution < 1.29 is 9.59 Å². The van der Waals surface area contributed by atoms with Crippen LogP contribution in [-0.4, -0.2) is 46.1 Å². The van der Waals surface area contributed by atoms with E-state index in [1.54, 1.807) is 23.0 Å². The molecule has 0 unspecified atom stereocenters. The highest BCUT2D eigenvalue weighted by Crippen LogP contribution is 2.11. The molecule has 132 valence electrons. The number of hydrogen-bond acceptors (Lipinski definition) is 3. The normalized spacial score (nSPS) is 15.0. The van der Waals surface area contributed by atoms with Crippen LogP contribution >= 0.6 is 0 Å². The lowest BCUT2D eigenvalue weighted by Gasteiger charge is -2.20. The minimum absolute atomic E-state index is 0.0887. The molecule has 1 aromatic carbocycles. The second kappa shape index (κ2) is 8.46. The lowest BCUT2D eigenvalue weighted by Crippen LogP contribution is -2.34. The van der Waals surface area contributed by atoms with E-state index in [2.05, 4.69) is 10.4 Å². The monoisotopic (exact) mass is 340 g/mol. The third-order valence-electron chi connectivity index (χ3n) is 4.46. The minimum atomic E-state index is -0.0887. The summed E-state index contributed by atoms with van der Waals surface area (Å²) < 4.78 is 1.75. The Bertz CT molecular complexity index is 695. The first-order valence-electron chi connectivity index (χ1n) is 8.90. The van der Waals surface area contributed by atoms with Crippen molar-refractivity contribution >= 4 is 11.8 Å². The fourth-order valence-electron chi connectivity index (χ4n) is 3.04. The van der Waals surface area contributed by atoms with Crippen LogP contribution in [0.2, 0.25) is 0 Å². The number of hydrogen-bond donors (Lipinski definition) is 1. The van der Waals surface area contributed by atoms with Gasteiger partial charge in [-0.25, -0.2) is 4.68 Å². The third-order valence-corrected chi connectivity index (χ3v) is 4.46. The fourth-order valence-corrected chi connectivity index (χ4v) is 3.04. The summed E-state index contributed by atoms with van der Waals surface area (Å²) in [6.45, 7) is 2.14. The second-order valence-electron chi connectivity index (χ2n) is 6.30. The van der Waals surface area contributed by atoms with E-state index in [0.29, 0.717) is 18.5 Å². The maximum atomic E-state index is 12.2. The zero-order valence-corrected chi connectivity index (χ0v) is 14.4. The van der Waals surface area contributed by atoms with Crippen LogP contribution in [0.5, 0.6) is 0 Å². The Labute approximate surface area is 147 Å². The van der Waals surface area contributed by atoms with Crippen LogP contribution in [-0.2, 0) is 4.79 Å². The first-order chi connectivity index (χ1) is 12.2. The molecule has 6 nitrogen and oxygen atoms in total. The predicted molar refractivity (Wildman–Crippen MR) is 95.6 cm³/mol. The number of likely N-dealkylation sites (tertiary alicyclic amines) is 1. The van der Waals surface area contributed by atoms with E-state index in [4.69, 9.17) is 0 Å². The van der Waals surface area contributed by atoms with E-state index < -0.39 is 0 Å². The summed E-state index contributed by atoms with van der Waals surface area (Å²) >= 11 is 0. The van der Waals surface area contributed by atoms with Gasteiger partial charge in [-0.2, -0.15) is 5.10 Å². The first-order valence-corrected chi connectivity index (χ1v) is 8.90. The Hall–Kier alpha value is -2.63. The van der Waals surface area contributed by atoms with Crippen molar-refractivity contribution in [3.05, 3.63) is 48.3 Å². The van der Waals surface area contributed by atoms with Crippen LogP contribution in [0, 0.1) is 0 Å². The van der Waals surface area contributed by atoms with Crippen LogP contribution in [0.25, 0.3) is 5.69 Å². The summed E-state index contributed by atoms with van der Waals surface area (Å²) in [5, 5.41) is 7.09. The molecule has 1 fully saturated rings. The number of benzene rings is 1. The molecule has 2 aromatic rings. The molecule has 0 atom stereocenters. The zero-order chi connectivity index (χ0) is 17.5. The molecule has 0 bridgehead atoms. The van der Waals surface area contributed by atoms with Crippen molar-refractivity contribution in [2.45, 2.75) is 32.1 Å². The van der Waals surface area contributed by atoms with E-state index in [1.165, 1.54) is 0 Å². The molecule has 2 heterocycles. The quantitative estimate of drug-likeness (QED) is 0.821. The van der Waals surface area contributed by atoms with Gasteiger partial charge in [0.25, 0.3) is 5.91 Å². The largest absolute Gasteiger partial charge is 0.352 e. The van der Waals surface area contributed by atoms with Gasteiger partial charge in [0, 0.05) is 44.0 Å². The molecule has 1 N–H and O–H groups in total. The van der Waals surface area contributed by atoms with Gasteiger partial charge in [-0.1, -0.05) is 6.42 Å². The SMILES string of the molecule is O=C(NCCCN1CCCCCC1=O)c1ccc(-n2cccn2)cc1. The highest BCUT2D eigenvalue weighted by atomic mass is 16.2. The Balaban J connectivity index is 1.44. The van der Waals surface area contributed by atoms with E-state index in [0.717, 1.165) is 44.5 Å². The summed E-state index contributed by atoms with van der Waals surface area (Å²) in [6.07, 6.45) is 8.24. The molecule has 6 heteroatoms. The fraction of sp³-hybridized carbons (Fsp3) is 0.421. The van der Waals surface area contributed by atoms with Crippen molar-refractivity contribution in [2.75, 3.05) is 19.6 Å². The van der Waals surface area contributed by atoms with E-state index in [9.17, 15) is 9.59 Å². The standard InChI is InChI=1S/C19H24N4O2/c24-18-6-2-1-3-13-22(18)14-4-11-20-19(25)16-7-9-17(10-8-16)23-15-5-12-21-23/h5,7-10,12,15H,1-4,6,11,13-14H2,(H,20,25). The Morgan fingerprint density at radius 2 is 2.00 bits per heavy atom. The predicted octanol–water partition coefficient (Wildman–Crippen LogP) is 2.39. The van der Waals surface area contributed by atoms with E-state index in [-0.39, 0.29) is 11.8 Å². The van der Waals surface area contributed by atoms with Gasteiger partial charge >= 0.3 is 0 Å². The number of aromatic nitrogens is 2. The van der Waals surface area contributed by atoms with Crippen molar-refractivity contribution in [3.8, 4) is 5.69 Å². The van der Waals surface area contributed by atoms with Gasteiger partial charge in [0.1, 0.15) is 0 Å². The summed E-state index contributed by atoms with van der Waals surface area (Å²) in [5.41, 5.74) is 1.54. The number of carbonyl (C=O) groups is 2. The van der Waals surface area contributed by atoms with Crippen LogP contribution in [0.15, 0.2) is 42.7 Å². The third kappa shape index (κ3) is 4.68. The average Bonchev–Trinajstić information content (AvgIpc) is 3.10. The molecule has 2 amide bonds. The molecule has 1 aliphatic rings. The molecule has 25 heavy (non-hydrogen) atoms. The Kier molecular flexibility index (Phi) is 5.82. The zero-order valence-electron chi connectivity index (χ0n) is 14.4. The maximum Gasteiger partial charge on any atom is 0.251 e. The van der Waals surface area contributed by atoms with Crippen molar-refractivity contribution in [1.82, 2.24) is 20.0 Å². The lowest BCUT2D eigenvalue weighted by atomic mass is 10.2. The molecule has 3 rings (SSSR count). The van der Waals surface area contributed by atoms with E-state index in [1.807, 2.05) is 29.3 Å². The van der Waals surface area contributed by atoms with Crippen molar-refractivity contribution in [3.63, 3.8) is 0 Å². The number of nitrogens with one attached hydrogen (secondary N) is 1. The van der Waals surface area contributed by atoms with Gasteiger partial charge in [0.05, 0.1) is 5.69 Å². The van der Waals surface area contributed by atoms with Gasteiger partial charge < -0.3 is 10.2 Å². The summed E-state index contributed by atoms with van der Waals surface area (Å²) in [5.74, 6) is 0.159. The highest BCUT2D eigenvalue weighted by Gasteiger charge is 2.15. The molecule has 1 saturated heterocycles. The molecule has 0 radical (unpaired) electrons. The lowest BCUT2D eigenvalue weighted by molar-refractivity contribution is -0.130. The van der Waals surface area contributed by atoms with Crippen LogP contribution < -0.4 is 5.32 Å². The molecular formula is C19H24N4O2. The number of amides is 2. The molecule has 0 saturated carbocycles. The van der Waals surface area contributed by atoms with Gasteiger partial charge in [0.2, 0.25) is 5.91 Å². The Morgan fingerprint density at radius 1 is 1.16 bits per heavy atom. The smallest absolute Gasteiger partial charge is 0.251 e. The summed E-state index contributed by atoms with van der Waals surface area (Å²) in [7, 11) is 0. The minimum Gasteiger partial charge on any atom is -0.352 e. The number of carbonyl (C=O) groups excluding carboxylic acids is 2. The Morgan fingerprint density at radius 3 is 2.76 bits per heavy atom. The van der Waals surface area contributed by atoms with Gasteiger partial charge in [-0.15, -0.1) is 0 Å². The van der Waals surface area contributed by atoms with Gasteiger partial charge in [-0.05, 0) is 49.6 Å². The molecule has 1 aromatic heterocycles. The highest BCUT2D eigenvalue weighted by molar-refractivity contribution is 5.94. The molecule has 0 spiro atoms. The topological polar surface area (TPSA) is 67.2 Å². The molecule has 0 aliphatic carbocycles. The van der Waals surface area contributed by atoms with Crippen LogP contribution in [0.4, 0.5) is 0 Å². The van der Waals surface area contributed by atoms with Gasteiger partial charge in [-0.3, -0.25) is 9.59 Å². The first kappa shape index (κ1) is 17.2. The molecule has 1 aliphatic heterocycles. The van der Waals surface area contributed by atoms with Crippen LogP contribution in [0.1, 0.15) is 42.5 Å². The number of rotatable bonds is 6. The van der Waals surface area contributed by atoms with Crippen LogP contribution in [0.3, 0.4) is 0 Å². The van der Waals surface area contributed by atoms with E-state index >= 15 is 0 Å². The summed E-state index contributed by atoms with van der Waals surface area (Å²) in [6, 6.07) is 9.20. The number of nitrogens with zero attached hydrogens (tertiary/aromatic N) is 3. The second-order valence-corrected chi connectivity index (χ2v) is 6.30.